The van der Waals surface area contributed by atoms with Crippen molar-refractivity contribution in [1.29, 1.82) is 0 Å². The van der Waals surface area contributed by atoms with E-state index in [4.69, 9.17) is 0 Å². The first-order chi connectivity index (χ1) is 12.0. The first-order valence-electron chi connectivity index (χ1n) is 8.25. The van der Waals surface area contributed by atoms with Gasteiger partial charge in [-0.05, 0) is 50.5 Å². The number of pyridine rings is 1. The Kier molecular flexibility index (Phi) is 5.24. The normalized spacial score (nSPS) is 10.7. The maximum absolute atomic E-state index is 12.3. The van der Waals surface area contributed by atoms with Crippen LogP contribution in [0.15, 0.2) is 42.0 Å². The monoisotopic (exact) mass is 351 g/mol. The molecule has 5 heteroatoms. The summed E-state index contributed by atoms with van der Waals surface area (Å²) in [4.78, 5) is 20.9. The van der Waals surface area contributed by atoms with Crippen molar-refractivity contribution in [3.05, 3.63) is 64.4 Å². The van der Waals surface area contributed by atoms with Crippen molar-refractivity contribution in [2.45, 2.75) is 33.6 Å². The first kappa shape index (κ1) is 17.3. The summed E-state index contributed by atoms with van der Waals surface area (Å²) in [5.74, 6) is 0.0218. The van der Waals surface area contributed by atoms with Crippen molar-refractivity contribution < 1.29 is 4.79 Å². The van der Waals surface area contributed by atoms with E-state index in [0.29, 0.717) is 12.8 Å². The standard InChI is InChI=1S/C20H21N3OS/c1-13-10-14(2)19(15(3)11-13)23-18(24)5-4-17-12-25-20(22-17)16-6-8-21-9-7-16/h6-12H,4-5H2,1-3H3,(H,23,24). The van der Waals surface area contributed by atoms with Gasteiger partial charge in [-0.1, -0.05) is 17.7 Å². The predicted molar refractivity (Wildman–Crippen MR) is 103 cm³/mol. The lowest BCUT2D eigenvalue weighted by Gasteiger charge is -2.12. The average molecular weight is 351 g/mol. The topological polar surface area (TPSA) is 54.9 Å². The molecule has 0 aliphatic carbocycles. The highest BCUT2D eigenvalue weighted by atomic mass is 32.1. The molecule has 128 valence electrons. The molecule has 0 atom stereocenters. The van der Waals surface area contributed by atoms with Crippen molar-refractivity contribution in [2.75, 3.05) is 5.32 Å². The maximum atomic E-state index is 12.3. The summed E-state index contributed by atoms with van der Waals surface area (Å²) in [6, 6.07) is 8.06. The van der Waals surface area contributed by atoms with Crippen LogP contribution in [0.1, 0.15) is 28.8 Å². The third kappa shape index (κ3) is 4.31. The molecule has 0 bridgehead atoms. The Morgan fingerprint density at radius 2 is 1.80 bits per heavy atom. The number of thiazole rings is 1. The van der Waals surface area contributed by atoms with Crippen LogP contribution in [0.2, 0.25) is 0 Å². The van der Waals surface area contributed by atoms with Crippen molar-refractivity contribution in [3.8, 4) is 10.6 Å². The number of nitrogens with one attached hydrogen (secondary N) is 1. The van der Waals surface area contributed by atoms with E-state index in [0.717, 1.165) is 33.1 Å². The Balaban J connectivity index is 1.61. The number of aromatic nitrogens is 2. The fraction of sp³-hybridized carbons (Fsp3) is 0.250. The van der Waals surface area contributed by atoms with Gasteiger partial charge in [0, 0.05) is 35.4 Å². The molecule has 0 unspecified atom stereocenters. The summed E-state index contributed by atoms with van der Waals surface area (Å²) in [7, 11) is 0. The molecular weight excluding hydrogens is 330 g/mol. The van der Waals surface area contributed by atoms with E-state index in [2.05, 4.69) is 34.3 Å². The molecule has 1 N–H and O–H groups in total. The molecule has 1 amide bonds. The second-order valence-electron chi connectivity index (χ2n) is 6.20. The zero-order chi connectivity index (χ0) is 17.8. The number of carbonyl (C=O) groups is 1. The number of aryl methyl sites for hydroxylation is 4. The Morgan fingerprint density at radius 3 is 2.48 bits per heavy atom. The van der Waals surface area contributed by atoms with Gasteiger partial charge in [0.15, 0.2) is 0 Å². The van der Waals surface area contributed by atoms with Crippen LogP contribution in [-0.2, 0) is 11.2 Å². The number of hydrogen-bond donors (Lipinski definition) is 1. The van der Waals surface area contributed by atoms with Gasteiger partial charge in [0.2, 0.25) is 5.91 Å². The van der Waals surface area contributed by atoms with Gasteiger partial charge in [-0.3, -0.25) is 9.78 Å². The van der Waals surface area contributed by atoms with Crippen LogP contribution in [0.4, 0.5) is 5.69 Å². The second-order valence-corrected chi connectivity index (χ2v) is 7.06. The van der Waals surface area contributed by atoms with E-state index >= 15 is 0 Å². The number of carbonyl (C=O) groups excluding carboxylic acids is 1. The molecule has 4 nitrogen and oxygen atoms in total. The number of rotatable bonds is 5. The molecule has 2 aromatic heterocycles. The molecular formula is C20H21N3OS. The van der Waals surface area contributed by atoms with Gasteiger partial charge >= 0.3 is 0 Å². The van der Waals surface area contributed by atoms with Gasteiger partial charge in [-0.2, -0.15) is 0 Å². The molecule has 25 heavy (non-hydrogen) atoms. The number of benzene rings is 1. The summed E-state index contributed by atoms with van der Waals surface area (Å²) < 4.78 is 0. The van der Waals surface area contributed by atoms with E-state index in [1.807, 2.05) is 31.4 Å². The van der Waals surface area contributed by atoms with Crippen molar-refractivity contribution in [3.63, 3.8) is 0 Å². The summed E-state index contributed by atoms with van der Waals surface area (Å²) in [5, 5.41) is 6.02. The SMILES string of the molecule is Cc1cc(C)c(NC(=O)CCc2csc(-c3ccncc3)n2)c(C)c1. The van der Waals surface area contributed by atoms with Gasteiger partial charge in [0.1, 0.15) is 5.01 Å². The molecule has 2 heterocycles. The smallest absolute Gasteiger partial charge is 0.224 e. The number of nitrogens with zero attached hydrogens (tertiary/aromatic N) is 2. The summed E-state index contributed by atoms with van der Waals surface area (Å²) >= 11 is 1.59. The molecule has 0 aliphatic heterocycles. The first-order valence-corrected chi connectivity index (χ1v) is 9.13. The van der Waals surface area contributed by atoms with E-state index in [-0.39, 0.29) is 5.91 Å². The molecule has 0 saturated heterocycles. The maximum Gasteiger partial charge on any atom is 0.224 e. The Bertz CT molecular complexity index is 864. The largest absolute Gasteiger partial charge is 0.326 e. The number of anilines is 1. The zero-order valence-electron chi connectivity index (χ0n) is 14.7. The van der Waals surface area contributed by atoms with Crippen LogP contribution in [0.5, 0.6) is 0 Å². The van der Waals surface area contributed by atoms with Crippen molar-refractivity contribution >= 4 is 22.9 Å². The van der Waals surface area contributed by atoms with E-state index in [1.165, 1.54) is 5.56 Å². The number of hydrogen-bond acceptors (Lipinski definition) is 4. The van der Waals surface area contributed by atoms with Crippen LogP contribution in [-0.4, -0.2) is 15.9 Å². The highest BCUT2D eigenvalue weighted by Crippen LogP contribution is 2.24. The third-order valence-electron chi connectivity index (χ3n) is 4.03. The fourth-order valence-corrected chi connectivity index (χ4v) is 3.73. The Morgan fingerprint density at radius 1 is 1.12 bits per heavy atom. The minimum absolute atomic E-state index is 0.0218. The highest BCUT2D eigenvalue weighted by Gasteiger charge is 2.10. The van der Waals surface area contributed by atoms with Crippen LogP contribution >= 0.6 is 11.3 Å². The molecule has 3 rings (SSSR count). The van der Waals surface area contributed by atoms with Crippen molar-refractivity contribution in [1.82, 2.24) is 9.97 Å². The molecule has 0 spiro atoms. The molecule has 3 aromatic rings. The van der Waals surface area contributed by atoms with Crippen LogP contribution < -0.4 is 5.32 Å². The average Bonchev–Trinajstić information content (AvgIpc) is 3.06. The van der Waals surface area contributed by atoms with Gasteiger partial charge < -0.3 is 5.32 Å². The quantitative estimate of drug-likeness (QED) is 0.725. The highest BCUT2D eigenvalue weighted by molar-refractivity contribution is 7.13. The summed E-state index contributed by atoms with van der Waals surface area (Å²) in [6.45, 7) is 6.11. The molecule has 0 fully saturated rings. The van der Waals surface area contributed by atoms with E-state index in [9.17, 15) is 4.79 Å². The van der Waals surface area contributed by atoms with Gasteiger partial charge in [0.05, 0.1) is 5.69 Å². The second kappa shape index (κ2) is 7.57. The molecule has 0 radical (unpaired) electrons. The van der Waals surface area contributed by atoms with Gasteiger partial charge in [-0.25, -0.2) is 4.98 Å². The summed E-state index contributed by atoms with van der Waals surface area (Å²) in [6.07, 6.45) is 4.58. The molecule has 0 aliphatic rings. The van der Waals surface area contributed by atoms with Gasteiger partial charge in [0.25, 0.3) is 0 Å². The van der Waals surface area contributed by atoms with E-state index < -0.39 is 0 Å². The minimum Gasteiger partial charge on any atom is -0.326 e. The predicted octanol–water partition coefficient (Wildman–Crippen LogP) is 4.70. The zero-order valence-corrected chi connectivity index (χ0v) is 15.5. The third-order valence-corrected chi connectivity index (χ3v) is 4.97. The lowest BCUT2D eigenvalue weighted by atomic mass is 10.0. The van der Waals surface area contributed by atoms with E-state index in [1.54, 1.807) is 23.7 Å². The number of amides is 1. The molecule has 0 saturated carbocycles. The lowest BCUT2D eigenvalue weighted by Crippen LogP contribution is -2.14. The van der Waals surface area contributed by atoms with Crippen LogP contribution in [0.25, 0.3) is 10.6 Å². The van der Waals surface area contributed by atoms with Crippen LogP contribution in [0.3, 0.4) is 0 Å². The Hall–Kier alpha value is -2.53. The van der Waals surface area contributed by atoms with Gasteiger partial charge in [-0.15, -0.1) is 11.3 Å². The molecule has 1 aromatic carbocycles. The minimum atomic E-state index is 0.0218. The van der Waals surface area contributed by atoms with Crippen LogP contribution in [0, 0.1) is 20.8 Å². The Labute approximate surface area is 152 Å². The van der Waals surface area contributed by atoms with Crippen molar-refractivity contribution in [2.24, 2.45) is 0 Å². The lowest BCUT2D eigenvalue weighted by molar-refractivity contribution is -0.116. The summed E-state index contributed by atoms with van der Waals surface area (Å²) in [5.41, 5.74) is 6.33. The fourth-order valence-electron chi connectivity index (χ4n) is 2.87.